The number of likely N-dealkylation sites (tertiary alicyclic amines) is 1. The van der Waals surface area contributed by atoms with Crippen LogP contribution in [0.5, 0.6) is 0 Å². The molecule has 0 bridgehead atoms. The zero-order valence-electron chi connectivity index (χ0n) is 17.0. The van der Waals surface area contributed by atoms with Gasteiger partial charge in [0.1, 0.15) is 11.3 Å². The molecule has 0 saturated carbocycles. The lowest BCUT2D eigenvalue weighted by molar-refractivity contribution is 0.0721. The van der Waals surface area contributed by atoms with Crippen LogP contribution >= 0.6 is 0 Å². The zero-order valence-corrected chi connectivity index (χ0v) is 17.0. The van der Waals surface area contributed by atoms with Gasteiger partial charge in [-0.05, 0) is 58.0 Å². The number of para-hydroxylation sites is 1. The first kappa shape index (κ1) is 19.4. The van der Waals surface area contributed by atoms with Gasteiger partial charge in [0.2, 0.25) is 0 Å². The van der Waals surface area contributed by atoms with Gasteiger partial charge in [0.25, 0.3) is 5.91 Å². The zero-order chi connectivity index (χ0) is 20.2. The first-order chi connectivity index (χ1) is 14.1. The van der Waals surface area contributed by atoms with Crippen LogP contribution in [0, 0.1) is 13.8 Å². The molecule has 3 heterocycles. The summed E-state index contributed by atoms with van der Waals surface area (Å²) in [6, 6.07) is 12.0. The summed E-state index contributed by atoms with van der Waals surface area (Å²) in [6.45, 7) is 7.82. The van der Waals surface area contributed by atoms with Crippen LogP contribution in [0.25, 0.3) is 5.69 Å². The average molecular weight is 393 g/mol. The van der Waals surface area contributed by atoms with E-state index in [4.69, 9.17) is 4.52 Å². The molecule has 1 aromatic carbocycles. The number of aryl methyl sites for hydroxylation is 2. The van der Waals surface area contributed by atoms with Gasteiger partial charge in [-0.3, -0.25) is 4.79 Å². The minimum absolute atomic E-state index is 0.0405. The Morgan fingerprint density at radius 3 is 2.59 bits per heavy atom. The second kappa shape index (κ2) is 8.61. The smallest absolute Gasteiger partial charge is 0.259 e. The fourth-order valence-electron chi connectivity index (χ4n) is 3.91. The van der Waals surface area contributed by atoms with Gasteiger partial charge in [0.15, 0.2) is 0 Å². The lowest BCUT2D eigenvalue weighted by Gasteiger charge is -2.26. The fourth-order valence-corrected chi connectivity index (χ4v) is 3.91. The van der Waals surface area contributed by atoms with E-state index in [0.717, 1.165) is 31.0 Å². The van der Waals surface area contributed by atoms with E-state index in [2.05, 4.69) is 15.2 Å². The summed E-state index contributed by atoms with van der Waals surface area (Å²) in [5, 5.41) is 8.44. The topological polar surface area (TPSA) is 67.4 Å². The van der Waals surface area contributed by atoms with E-state index in [0.29, 0.717) is 30.1 Å². The summed E-state index contributed by atoms with van der Waals surface area (Å²) < 4.78 is 7.14. The SMILES string of the molecule is Cc1noc(C)c1C(=O)N(CCN1CCCC1)Cc1ccnn1-c1ccccc1. The third-order valence-corrected chi connectivity index (χ3v) is 5.49. The Morgan fingerprint density at radius 2 is 1.90 bits per heavy atom. The predicted octanol–water partition coefficient (Wildman–Crippen LogP) is 3.22. The molecule has 7 nitrogen and oxygen atoms in total. The van der Waals surface area contributed by atoms with E-state index < -0.39 is 0 Å². The van der Waals surface area contributed by atoms with Crippen LogP contribution in [0.1, 0.15) is 40.3 Å². The van der Waals surface area contributed by atoms with Crippen molar-refractivity contribution in [1.82, 2.24) is 24.7 Å². The molecule has 7 heteroatoms. The summed E-state index contributed by atoms with van der Waals surface area (Å²) in [4.78, 5) is 17.7. The van der Waals surface area contributed by atoms with E-state index in [-0.39, 0.29) is 5.91 Å². The minimum atomic E-state index is -0.0405. The largest absolute Gasteiger partial charge is 0.361 e. The van der Waals surface area contributed by atoms with Gasteiger partial charge < -0.3 is 14.3 Å². The van der Waals surface area contributed by atoms with Crippen molar-refractivity contribution in [2.75, 3.05) is 26.2 Å². The summed E-state index contributed by atoms with van der Waals surface area (Å²) in [6.07, 6.45) is 4.25. The second-order valence-electron chi connectivity index (χ2n) is 7.54. The Morgan fingerprint density at radius 1 is 1.14 bits per heavy atom. The highest BCUT2D eigenvalue weighted by atomic mass is 16.5. The van der Waals surface area contributed by atoms with E-state index in [1.807, 2.05) is 52.9 Å². The molecule has 1 aliphatic heterocycles. The summed E-state index contributed by atoms with van der Waals surface area (Å²) in [7, 11) is 0. The molecule has 2 aromatic heterocycles. The number of amides is 1. The van der Waals surface area contributed by atoms with E-state index in [1.165, 1.54) is 12.8 Å². The molecule has 0 aliphatic carbocycles. The normalized spacial score (nSPS) is 14.4. The van der Waals surface area contributed by atoms with Crippen LogP contribution < -0.4 is 0 Å². The molecule has 4 rings (SSSR count). The molecule has 29 heavy (non-hydrogen) atoms. The molecule has 0 radical (unpaired) electrons. The van der Waals surface area contributed by atoms with Gasteiger partial charge in [-0.1, -0.05) is 23.4 Å². The molecule has 0 unspecified atom stereocenters. The molecule has 0 atom stereocenters. The minimum Gasteiger partial charge on any atom is -0.361 e. The molecular weight excluding hydrogens is 366 g/mol. The lowest BCUT2D eigenvalue weighted by atomic mass is 10.1. The van der Waals surface area contributed by atoms with Crippen molar-refractivity contribution in [1.29, 1.82) is 0 Å². The number of hydrogen-bond donors (Lipinski definition) is 0. The Bertz CT molecular complexity index is 937. The fraction of sp³-hybridized carbons (Fsp3) is 0.409. The van der Waals surface area contributed by atoms with Crippen molar-refractivity contribution in [2.24, 2.45) is 0 Å². The Balaban J connectivity index is 1.59. The molecule has 1 amide bonds. The standard InChI is InChI=1S/C22H27N5O2/c1-17-21(18(2)29-24-17)22(28)26(15-14-25-12-6-7-13-25)16-20-10-11-23-27(20)19-8-4-3-5-9-19/h3-5,8-11H,6-7,12-16H2,1-2H3. The third-order valence-electron chi connectivity index (χ3n) is 5.49. The van der Waals surface area contributed by atoms with Crippen molar-refractivity contribution in [2.45, 2.75) is 33.2 Å². The molecule has 152 valence electrons. The summed E-state index contributed by atoms with van der Waals surface area (Å²) in [5.41, 5.74) is 3.15. The Labute approximate surface area is 170 Å². The highest BCUT2D eigenvalue weighted by Crippen LogP contribution is 2.19. The highest BCUT2D eigenvalue weighted by molar-refractivity contribution is 5.96. The van der Waals surface area contributed by atoms with Crippen LogP contribution in [0.4, 0.5) is 0 Å². The number of rotatable bonds is 7. The number of carbonyl (C=O) groups is 1. The molecule has 1 saturated heterocycles. The maximum absolute atomic E-state index is 13.4. The van der Waals surface area contributed by atoms with Crippen LogP contribution in [0.15, 0.2) is 47.1 Å². The third kappa shape index (κ3) is 4.24. The second-order valence-corrected chi connectivity index (χ2v) is 7.54. The van der Waals surface area contributed by atoms with Crippen LogP contribution in [-0.2, 0) is 6.54 Å². The molecule has 0 spiro atoms. The number of aromatic nitrogens is 3. The lowest BCUT2D eigenvalue weighted by Crippen LogP contribution is -2.38. The Hall–Kier alpha value is -2.93. The quantitative estimate of drug-likeness (QED) is 0.617. The molecule has 1 fully saturated rings. The molecule has 1 aliphatic rings. The number of carbonyl (C=O) groups excluding carboxylic acids is 1. The van der Waals surface area contributed by atoms with Crippen molar-refractivity contribution in [3.63, 3.8) is 0 Å². The summed E-state index contributed by atoms with van der Waals surface area (Å²) >= 11 is 0. The van der Waals surface area contributed by atoms with Gasteiger partial charge in [-0.2, -0.15) is 5.10 Å². The van der Waals surface area contributed by atoms with Gasteiger partial charge in [-0.25, -0.2) is 4.68 Å². The van der Waals surface area contributed by atoms with Crippen LogP contribution in [0.2, 0.25) is 0 Å². The van der Waals surface area contributed by atoms with E-state index in [1.54, 1.807) is 13.1 Å². The maximum Gasteiger partial charge on any atom is 0.259 e. The number of nitrogens with zero attached hydrogens (tertiary/aromatic N) is 5. The van der Waals surface area contributed by atoms with Crippen molar-refractivity contribution in [3.8, 4) is 5.69 Å². The number of hydrogen-bond acceptors (Lipinski definition) is 5. The highest BCUT2D eigenvalue weighted by Gasteiger charge is 2.25. The summed E-state index contributed by atoms with van der Waals surface area (Å²) in [5.74, 6) is 0.525. The first-order valence-corrected chi connectivity index (χ1v) is 10.2. The molecule has 0 N–H and O–H groups in total. The Kier molecular flexibility index (Phi) is 5.76. The predicted molar refractivity (Wildman–Crippen MR) is 110 cm³/mol. The van der Waals surface area contributed by atoms with Crippen molar-refractivity contribution >= 4 is 5.91 Å². The number of benzene rings is 1. The maximum atomic E-state index is 13.4. The van der Waals surface area contributed by atoms with Gasteiger partial charge in [0, 0.05) is 19.3 Å². The van der Waals surface area contributed by atoms with Gasteiger partial charge in [0.05, 0.1) is 23.6 Å². The molecule has 3 aromatic rings. The van der Waals surface area contributed by atoms with Crippen LogP contribution in [0.3, 0.4) is 0 Å². The van der Waals surface area contributed by atoms with Gasteiger partial charge in [-0.15, -0.1) is 0 Å². The average Bonchev–Trinajstić information content (AvgIpc) is 3.47. The van der Waals surface area contributed by atoms with Crippen LogP contribution in [-0.4, -0.2) is 56.8 Å². The van der Waals surface area contributed by atoms with Gasteiger partial charge >= 0.3 is 0 Å². The molecular formula is C22H27N5O2. The van der Waals surface area contributed by atoms with E-state index in [9.17, 15) is 4.79 Å². The van der Waals surface area contributed by atoms with Crippen molar-refractivity contribution in [3.05, 3.63) is 65.3 Å². The first-order valence-electron chi connectivity index (χ1n) is 10.2. The van der Waals surface area contributed by atoms with Crippen molar-refractivity contribution < 1.29 is 9.32 Å². The monoisotopic (exact) mass is 393 g/mol. The van der Waals surface area contributed by atoms with E-state index >= 15 is 0 Å².